The number of oxime groups is 1. The summed E-state index contributed by atoms with van der Waals surface area (Å²) in [4.78, 5) is 31.2. The molecule has 0 saturated carbocycles. The van der Waals surface area contributed by atoms with E-state index >= 15 is 0 Å². The van der Waals surface area contributed by atoms with Crippen LogP contribution in [0.3, 0.4) is 0 Å². The van der Waals surface area contributed by atoms with E-state index in [1.165, 1.54) is 0 Å². The summed E-state index contributed by atoms with van der Waals surface area (Å²) < 4.78 is 22.0. The number of thioether (sulfide) groups is 1. The predicted octanol–water partition coefficient (Wildman–Crippen LogP) is 1.19. The van der Waals surface area contributed by atoms with Gasteiger partial charge < -0.3 is 35.8 Å². The number of aryl methyl sites for hydroxylation is 1. The monoisotopic (exact) mass is 653 g/mol. The van der Waals surface area contributed by atoms with Crippen LogP contribution in [0.2, 0.25) is 0 Å². The van der Waals surface area contributed by atoms with Gasteiger partial charge in [0.15, 0.2) is 24.6 Å². The summed E-state index contributed by atoms with van der Waals surface area (Å²) in [5.74, 6) is 1.08. The molecule has 232 valence electrons. The number of amides is 2. The van der Waals surface area contributed by atoms with Gasteiger partial charge in [0.2, 0.25) is 0 Å². The number of aromatic nitrogens is 1. The normalized spacial score (nSPS) is 21.8. The Bertz CT molecular complexity index is 1460. The van der Waals surface area contributed by atoms with Crippen LogP contribution in [0.1, 0.15) is 13.8 Å². The molecule has 2 amide bonds. The van der Waals surface area contributed by atoms with Crippen LogP contribution in [0, 0.1) is 5.92 Å². The Kier molecular flexibility index (Phi) is 9.75. The van der Waals surface area contributed by atoms with E-state index in [1.807, 2.05) is 37.5 Å². The van der Waals surface area contributed by atoms with E-state index in [2.05, 4.69) is 31.0 Å². The molecule has 5 rings (SSSR count). The maximum absolute atomic E-state index is 13.2. The first kappa shape index (κ1) is 31.4. The SMILES string of the molecule is C[n+]1ccc2cc(OCCO/N=C(\C(=O)N[C@@H]3C(=O)N(OSO)C3(C)C)C3=C(Cl)SC(N)N3)ccc2c1NCC1CNC1. The minimum atomic E-state index is -0.941. The number of pyridine rings is 1. The Labute approximate surface area is 262 Å². The van der Waals surface area contributed by atoms with Crippen LogP contribution in [-0.2, 0) is 25.8 Å². The fourth-order valence-corrected chi connectivity index (χ4v) is 6.26. The molecule has 3 aliphatic rings. The number of hydrogen-bond acceptors (Lipinski definition) is 13. The van der Waals surface area contributed by atoms with Gasteiger partial charge in [-0.05, 0) is 43.5 Å². The molecule has 4 heterocycles. The third-order valence-electron chi connectivity index (χ3n) is 7.36. The van der Waals surface area contributed by atoms with Crippen molar-refractivity contribution in [2.45, 2.75) is 30.9 Å². The Morgan fingerprint density at radius 3 is 2.79 bits per heavy atom. The van der Waals surface area contributed by atoms with E-state index in [0.29, 0.717) is 11.7 Å². The van der Waals surface area contributed by atoms with Gasteiger partial charge in [0.05, 0.1) is 36.4 Å². The van der Waals surface area contributed by atoms with Crippen LogP contribution < -0.4 is 36.3 Å². The third kappa shape index (κ3) is 6.74. The lowest BCUT2D eigenvalue weighted by Gasteiger charge is -2.50. The first-order chi connectivity index (χ1) is 20.6. The summed E-state index contributed by atoms with van der Waals surface area (Å²) in [5.41, 5.74) is 4.40. The molecule has 0 radical (unpaired) electrons. The molecule has 0 aliphatic carbocycles. The van der Waals surface area contributed by atoms with Crippen molar-refractivity contribution in [1.29, 1.82) is 0 Å². The first-order valence-corrected chi connectivity index (χ1v) is 15.5. The standard InChI is InChI=1S/C26H33ClN8O6S2/c1-26(2)20(24(37)35(26)41-43-38)32-23(36)19(18-21(27)42-25(28)31-18)33-40-9-8-39-16-4-5-17-15(10-16)6-7-34(3)22(17)30-13-14-11-29-12-14/h4-7,10,14,20,25,29,31H,8-9,11-13,28H2,1-3H3,(H2,32,36,38)/p+1/b33-19-/t20-,25?/m1/s1. The van der Waals surface area contributed by atoms with Gasteiger partial charge in [-0.3, -0.25) is 14.9 Å². The highest BCUT2D eigenvalue weighted by Crippen LogP contribution is 2.35. The molecule has 14 nitrogen and oxygen atoms in total. The number of hydroxylamine groups is 2. The third-order valence-corrected chi connectivity index (χ3v) is 8.81. The molecule has 2 atom stereocenters. The minimum absolute atomic E-state index is 0.0219. The van der Waals surface area contributed by atoms with Crippen LogP contribution >= 0.6 is 35.7 Å². The van der Waals surface area contributed by atoms with Gasteiger partial charge in [-0.25, -0.2) is 4.57 Å². The number of benzene rings is 1. The lowest BCUT2D eigenvalue weighted by atomic mass is 9.84. The number of nitrogens with one attached hydrogen (secondary N) is 4. The number of carbonyl (C=O) groups excluding carboxylic acids is 2. The molecule has 2 saturated heterocycles. The highest BCUT2D eigenvalue weighted by atomic mass is 35.5. The molecular formula is C26H34ClN8O6S2+. The second kappa shape index (κ2) is 13.3. The molecule has 7 N–H and O–H groups in total. The van der Waals surface area contributed by atoms with Gasteiger partial charge in [0.25, 0.3) is 17.6 Å². The molecule has 2 fully saturated rings. The van der Waals surface area contributed by atoms with Crippen molar-refractivity contribution >= 4 is 69.8 Å². The average Bonchev–Trinajstić information content (AvgIpc) is 3.29. The zero-order chi connectivity index (χ0) is 30.7. The highest BCUT2D eigenvalue weighted by Gasteiger charge is 2.57. The summed E-state index contributed by atoms with van der Waals surface area (Å²) >= 11 is 7.45. The molecule has 17 heteroatoms. The Balaban J connectivity index is 1.21. The summed E-state index contributed by atoms with van der Waals surface area (Å²) in [7, 11) is 2.01. The zero-order valence-electron chi connectivity index (χ0n) is 23.8. The van der Waals surface area contributed by atoms with Crippen molar-refractivity contribution in [1.82, 2.24) is 21.0 Å². The van der Waals surface area contributed by atoms with Gasteiger partial charge >= 0.3 is 0 Å². The average molecular weight is 654 g/mol. The van der Waals surface area contributed by atoms with Crippen molar-refractivity contribution in [3.63, 3.8) is 0 Å². The fourth-order valence-electron chi connectivity index (χ4n) is 4.82. The largest absolute Gasteiger partial charge is 0.490 e. The number of nitrogens with two attached hydrogens (primary N) is 1. The van der Waals surface area contributed by atoms with Crippen molar-refractivity contribution < 1.29 is 32.6 Å². The smallest absolute Gasteiger partial charge is 0.282 e. The first-order valence-electron chi connectivity index (χ1n) is 13.5. The second-order valence-corrected chi connectivity index (χ2v) is 12.8. The van der Waals surface area contributed by atoms with E-state index in [9.17, 15) is 9.59 Å². The molecule has 1 aromatic carbocycles. The molecular weight excluding hydrogens is 620 g/mol. The van der Waals surface area contributed by atoms with Crippen LogP contribution in [0.15, 0.2) is 45.7 Å². The number of carbonyl (C=O) groups is 2. The van der Waals surface area contributed by atoms with Crippen LogP contribution in [0.5, 0.6) is 5.75 Å². The Morgan fingerprint density at radius 1 is 1.35 bits per heavy atom. The summed E-state index contributed by atoms with van der Waals surface area (Å²) in [6.07, 6.45) is 2.01. The van der Waals surface area contributed by atoms with E-state index < -0.39 is 28.9 Å². The Morgan fingerprint density at radius 2 is 2.14 bits per heavy atom. The molecule has 1 unspecified atom stereocenters. The van der Waals surface area contributed by atoms with E-state index in [-0.39, 0.29) is 41.3 Å². The molecule has 0 bridgehead atoms. The minimum Gasteiger partial charge on any atom is -0.490 e. The summed E-state index contributed by atoms with van der Waals surface area (Å²) in [5, 5.41) is 19.5. The van der Waals surface area contributed by atoms with E-state index in [4.69, 9.17) is 35.7 Å². The lowest BCUT2D eigenvalue weighted by molar-refractivity contribution is -0.656. The van der Waals surface area contributed by atoms with Gasteiger partial charge in [-0.2, -0.15) is 9.35 Å². The van der Waals surface area contributed by atoms with Crippen LogP contribution in [0.25, 0.3) is 10.8 Å². The predicted molar refractivity (Wildman–Crippen MR) is 165 cm³/mol. The van der Waals surface area contributed by atoms with Crippen molar-refractivity contribution in [2.75, 3.05) is 38.2 Å². The second-order valence-electron chi connectivity index (χ2n) is 10.7. The van der Waals surface area contributed by atoms with Crippen molar-refractivity contribution in [3.8, 4) is 5.75 Å². The van der Waals surface area contributed by atoms with E-state index in [0.717, 1.165) is 53.0 Å². The lowest BCUT2D eigenvalue weighted by Crippen LogP contribution is -2.76. The maximum atomic E-state index is 13.2. The summed E-state index contributed by atoms with van der Waals surface area (Å²) in [6, 6.07) is 6.96. The van der Waals surface area contributed by atoms with Gasteiger partial charge in [-0.15, -0.1) is 0 Å². The molecule has 2 aromatic rings. The number of hydrogen-bond donors (Lipinski definition) is 6. The number of ether oxygens (including phenoxy) is 1. The van der Waals surface area contributed by atoms with Crippen molar-refractivity contribution in [2.24, 2.45) is 23.9 Å². The highest BCUT2D eigenvalue weighted by molar-refractivity contribution is 8.05. The van der Waals surface area contributed by atoms with Gasteiger partial charge in [-0.1, -0.05) is 28.5 Å². The quantitative estimate of drug-likeness (QED) is 0.0456. The number of β-lactam (4-membered cyclic amide) rings is 1. The maximum Gasteiger partial charge on any atom is 0.282 e. The molecule has 1 aromatic heterocycles. The zero-order valence-corrected chi connectivity index (χ0v) is 26.1. The number of halogens is 1. The molecule has 0 spiro atoms. The Hall–Kier alpha value is -2.99. The number of rotatable bonds is 13. The van der Waals surface area contributed by atoms with Gasteiger partial charge in [0, 0.05) is 19.0 Å². The van der Waals surface area contributed by atoms with Crippen LogP contribution in [-0.4, -0.2) is 77.1 Å². The topological polar surface area (TPSA) is 176 Å². The fraction of sp³-hybridized carbons (Fsp3) is 0.462. The number of anilines is 1. The summed E-state index contributed by atoms with van der Waals surface area (Å²) in [6.45, 7) is 6.48. The van der Waals surface area contributed by atoms with E-state index in [1.54, 1.807) is 13.8 Å². The van der Waals surface area contributed by atoms with Crippen LogP contribution in [0.4, 0.5) is 5.82 Å². The number of nitrogens with zero attached hydrogens (tertiary/aromatic N) is 3. The van der Waals surface area contributed by atoms with Crippen molar-refractivity contribution in [3.05, 3.63) is 40.5 Å². The molecule has 3 aliphatic heterocycles. The molecule has 43 heavy (non-hydrogen) atoms. The van der Waals surface area contributed by atoms with Gasteiger partial charge in [0.1, 0.15) is 28.3 Å². The number of fused-ring (bicyclic) bond motifs is 1.